The zero-order valence-corrected chi connectivity index (χ0v) is 31.6. The third-order valence-corrected chi connectivity index (χ3v) is 13.3. The van der Waals surface area contributed by atoms with E-state index >= 15 is 0 Å². The zero-order chi connectivity index (χ0) is 35.4. The molecule has 0 atom stereocenters. The van der Waals surface area contributed by atoms with Crippen LogP contribution >= 0.6 is 22.9 Å². The van der Waals surface area contributed by atoms with Gasteiger partial charge in [0.2, 0.25) is 0 Å². The molecule has 250 valence electrons. The number of thiophene rings is 1. The van der Waals surface area contributed by atoms with Gasteiger partial charge in [-0.05, 0) is 57.3 Å². The van der Waals surface area contributed by atoms with E-state index in [4.69, 9.17) is 26.6 Å². The highest BCUT2D eigenvalue weighted by molar-refractivity contribution is 7.26. The summed E-state index contributed by atoms with van der Waals surface area (Å²) in [5.41, 5.74) is 7.39. The zero-order valence-electron chi connectivity index (χ0n) is 29.1. The lowest BCUT2D eigenvalue weighted by Gasteiger charge is -2.18. The Labute approximate surface area is 313 Å². The Kier molecular flexibility index (Phi) is 8.08. The highest BCUT2D eigenvalue weighted by Crippen LogP contribution is 2.44. The van der Waals surface area contributed by atoms with Gasteiger partial charge in [-0.15, -0.1) is 11.3 Å². The van der Waals surface area contributed by atoms with Crippen LogP contribution in [0.15, 0.2) is 152 Å². The number of halogens is 1. The van der Waals surface area contributed by atoms with Crippen LogP contribution in [0.2, 0.25) is 24.7 Å². The molecule has 0 aliphatic heterocycles. The lowest BCUT2D eigenvalue weighted by molar-refractivity contribution is 1.08. The minimum Gasteiger partial charge on any atom is -0.208 e. The highest BCUT2D eigenvalue weighted by Gasteiger charge is 2.20. The normalized spacial score (nSPS) is 11.8. The molecule has 0 amide bonds. The Hall–Kier alpha value is -5.46. The Balaban J connectivity index is 1.28. The molecule has 9 aromatic rings. The first-order valence-electron chi connectivity index (χ1n) is 17.5. The average molecular weight is 724 g/mol. The topological polar surface area (TPSA) is 38.7 Å². The summed E-state index contributed by atoms with van der Waals surface area (Å²) in [4.78, 5) is 15.7. The number of nitrogens with zero attached hydrogens (tertiary/aromatic N) is 3. The van der Waals surface area contributed by atoms with Crippen LogP contribution in [-0.4, -0.2) is 23.0 Å². The largest absolute Gasteiger partial charge is 0.208 e. The summed E-state index contributed by atoms with van der Waals surface area (Å²) in [6.07, 6.45) is 0. The van der Waals surface area contributed by atoms with Crippen LogP contribution in [0, 0.1) is 0 Å². The highest BCUT2D eigenvalue weighted by atomic mass is 35.5. The number of hydrogen-bond donors (Lipinski definition) is 0. The fourth-order valence-corrected chi connectivity index (χ4v) is 9.82. The van der Waals surface area contributed by atoms with E-state index < -0.39 is 8.07 Å². The second kappa shape index (κ2) is 12.9. The minimum absolute atomic E-state index is 0.584. The summed E-state index contributed by atoms with van der Waals surface area (Å²) >= 11 is 8.70. The monoisotopic (exact) mass is 723 g/mol. The van der Waals surface area contributed by atoms with Crippen LogP contribution in [0.1, 0.15) is 0 Å². The van der Waals surface area contributed by atoms with Crippen molar-refractivity contribution in [2.24, 2.45) is 0 Å². The van der Waals surface area contributed by atoms with E-state index in [-0.39, 0.29) is 0 Å². The summed E-state index contributed by atoms with van der Waals surface area (Å²) in [7, 11) is -1.52. The second-order valence-electron chi connectivity index (χ2n) is 14.2. The predicted molar refractivity (Wildman–Crippen MR) is 225 cm³/mol. The third-order valence-electron chi connectivity index (χ3n) is 9.73. The van der Waals surface area contributed by atoms with Crippen molar-refractivity contribution in [2.45, 2.75) is 19.6 Å². The summed E-state index contributed by atoms with van der Waals surface area (Å²) < 4.78 is 2.40. The van der Waals surface area contributed by atoms with Crippen molar-refractivity contribution < 1.29 is 0 Å². The molecule has 7 aromatic carbocycles. The van der Waals surface area contributed by atoms with E-state index in [0.29, 0.717) is 22.5 Å². The molecule has 9 rings (SSSR count). The lowest BCUT2D eigenvalue weighted by atomic mass is 10.0. The van der Waals surface area contributed by atoms with Gasteiger partial charge in [-0.25, -0.2) is 15.0 Å². The van der Waals surface area contributed by atoms with Crippen molar-refractivity contribution in [3.8, 4) is 56.4 Å². The van der Waals surface area contributed by atoms with Crippen LogP contribution in [-0.2, 0) is 0 Å². The smallest absolute Gasteiger partial charge is 0.165 e. The van der Waals surface area contributed by atoms with Gasteiger partial charge in [0.1, 0.15) is 0 Å². The van der Waals surface area contributed by atoms with Crippen molar-refractivity contribution >= 4 is 67.1 Å². The SMILES string of the molecule is C[Si](C)(C)c1cccc(-c2cc(Cl)cc(-c3nc(-c4cccc5ccccc45)nc(-c4cccc5c4sc4c(-c6ccccc6)cccc45)n3)c2)c1. The summed E-state index contributed by atoms with van der Waals surface area (Å²) in [5, 5.41) is 6.69. The fraction of sp³-hybridized carbons (Fsp3) is 0.0652. The fourth-order valence-electron chi connectivity index (χ4n) is 7.06. The van der Waals surface area contributed by atoms with Crippen molar-refractivity contribution in [1.29, 1.82) is 0 Å². The number of fused-ring (bicyclic) bond motifs is 4. The second-order valence-corrected chi connectivity index (χ2v) is 20.8. The van der Waals surface area contributed by atoms with Gasteiger partial charge in [-0.3, -0.25) is 0 Å². The van der Waals surface area contributed by atoms with Crippen LogP contribution in [0.3, 0.4) is 0 Å². The maximum atomic E-state index is 6.90. The summed E-state index contributed by atoms with van der Waals surface area (Å²) in [6, 6.07) is 53.3. The molecule has 0 unspecified atom stereocenters. The lowest BCUT2D eigenvalue weighted by Crippen LogP contribution is -2.37. The molecule has 0 bridgehead atoms. The molecule has 52 heavy (non-hydrogen) atoms. The summed E-state index contributed by atoms with van der Waals surface area (Å²) in [6.45, 7) is 7.11. The van der Waals surface area contributed by atoms with Crippen molar-refractivity contribution in [3.63, 3.8) is 0 Å². The maximum Gasteiger partial charge on any atom is 0.165 e. The Morgan fingerprint density at radius 3 is 1.79 bits per heavy atom. The van der Waals surface area contributed by atoms with E-state index in [2.05, 4.69) is 159 Å². The molecule has 0 aliphatic carbocycles. The number of aromatic nitrogens is 3. The molecular formula is C46H34ClN3SSi. The molecule has 2 aromatic heterocycles. The van der Waals surface area contributed by atoms with Gasteiger partial charge in [0.05, 0.1) is 8.07 Å². The van der Waals surface area contributed by atoms with Gasteiger partial charge in [0.25, 0.3) is 0 Å². The minimum atomic E-state index is -1.52. The van der Waals surface area contributed by atoms with Gasteiger partial charge in [0.15, 0.2) is 17.5 Å². The van der Waals surface area contributed by atoms with E-state index in [1.165, 1.54) is 31.8 Å². The molecule has 0 N–H and O–H groups in total. The standard InChI is InChI=1S/C46H34ClN3SSi/c1-52(2,3)35-18-9-17-31(28-35)32-25-33(27-34(47)26-32)44-48-45(40-23-10-16-29-15-7-8-19-36(29)40)50-46(49-44)41-24-12-22-39-38-21-11-20-37(42(38)51-43(39)41)30-13-5-4-6-14-30/h4-28H,1-3H3. The Morgan fingerprint density at radius 1 is 0.442 bits per heavy atom. The van der Waals surface area contributed by atoms with Crippen molar-refractivity contribution in [1.82, 2.24) is 15.0 Å². The van der Waals surface area contributed by atoms with Gasteiger partial charge < -0.3 is 0 Å². The van der Waals surface area contributed by atoms with E-state index in [9.17, 15) is 0 Å². The molecule has 2 heterocycles. The first kappa shape index (κ1) is 32.4. The van der Waals surface area contributed by atoms with Crippen LogP contribution < -0.4 is 5.19 Å². The molecular weight excluding hydrogens is 690 g/mol. The molecule has 0 radical (unpaired) electrons. The Bertz CT molecular complexity index is 2800. The van der Waals surface area contributed by atoms with E-state index in [1.807, 2.05) is 12.1 Å². The average Bonchev–Trinajstić information content (AvgIpc) is 3.57. The van der Waals surface area contributed by atoms with Crippen LogP contribution in [0.25, 0.3) is 87.4 Å². The van der Waals surface area contributed by atoms with Gasteiger partial charge >= 0.3 is 0 Å². The van der Waals surface area contributed by atoms with Gasteiger partial charge in [-0.1, -0.05) is 164 Å². The molecule has 0 fully saturated rings. The number of hydrogen-bond acceptors (Lipinski definition) is 4. The third kappa shape index (κ3) is 5.91. The molecule has 0 saturated carbocycles. The quantitative estimate of drug-likeness (QED) is 0.160. The maximum absolute atomic E-state index is 6.90. The van der Waals surface area contributed by atoms with Crippen molar-refractivity contribution in [2.75, 3.05) is 0 Å². The molecule has 0 saturated heterocycles. The van der Waals surface area contributed by atoms with Crippen LogP contribution in [0.4, 0.5) is 0 Å². The number of benzene rings is 7. The molecule has 6 heteroatoms. The molecule has 3 nitrogen and oxygen atoms in total. The first-order chi connectivity index (χ1) is 25.3. The van der Waals surface area contributed by atoms with Crippen molar-refractivity contribution in [3.05, 3.63) is 157 Å². The Morgan fingerprint density at radius 2 is 1.00 bits per heavy atom. The number of rotatable bonds is 6. The van der Waals surface area contributed by atoms with Gasteiger partial charge in [0, 0.05) is 41.9 Å². The molecule has 0 spiro atoms. The molecule has 0 aliphatic rings. The van der Waals surface area contributed by atoms with Gasteiger partial charge in [-0.2, -0.15) is 0 Å². The summed E-state index contributed by atoms with van der Waals surface area (Å²) in [5.74, 6) is 1.84. The van der Waals surface area contributed by atoms with E-state index in [1.54, 1.807) is 11.3 Å². The van der Waals surface area contributed by atoms with Crippen LogP contribution in [0.5, 0.6) is 0 Å². The predicted octanol–water partition coefficient (Wildman–Crippen LogP) is 12.9. The van der Waals surface area contributed by atoms with E-state index in [0.717, 1.165) is 43.3 Å². The first-order valence-corrected chi connectivity index (χ1v) is 22.2.